The number of hydrogen-bond acceptors (Lipinski definition) is 5. The second-order valence-electron chi connectivity index (χ2n) is 4.36. The summed E-state index contributed by atoms with van der Waals surface area (Å²) in [4.78, 5) is 13.5. The number of hydrogen-bond donors (Lipinski definition) is 2. The van der Waals surface area contributed by atoms with Gasteiger partial charge in [-0.05, 0) is 19.1 Å². The molecule has 2 heterocycles. The second kappa shape index (κ2) is 4.77. The molecule has 8 nitrogen and oxygen atoms in total. The van der Waals surface area contributed by atoms with Gasteiger partial charge in [-0.1, -0.05) is 0 Å². The first kappa shape index (κ1) is 13.4. The summed E-state index contributed by atoms with van der Waals surface area (Å²) in [6.07, 6.45) is 3.02. The van der Waals surface area contributed by atoms with Gasteiger partial charge in [-0.25, -0.2) is 13.2 Å². The molecular weight excluding hydrogens is 296 g/mol. The van der Waals surface area contributed by atoms with Crippen molar-refractivity contribution < 1.29 is 12.8 Å². The third-order valence-corrected chi connectivity index (χ3v) is 4.29. The highest BCUT2D eigenvalue weighted by atomic mass is 32.2. The van der Waals surface area contributed by atoms with Crippen molar-refractivity contribution in [2.75, 3.05) is 4.72 Å². The van der Waals surface area contributed by atoms with Gasteiger partial charge in [0.1, 0.15) is 0 Å². The molecule has 3 aromatic rings. The summed E-state index contributed by atoms with van der Waals surface area (Å²) in [5.41, 5.74) is 0.998. The molecular formula is C12H12N4O4S. The second-order valence-corrected chi connectivity index (χ2v) is 6.05. The summed E-state index contributed by atoms with van der Waals surface area (Å²) in [6.45, 7) is 2.54. The number of fused-ring (bicyclic) bond motifs is 1. The largest absolute Gasteiger partial charge is 0.417 e. The first-order valence-electron chi connectivity index (χ1n) is 6.16. The average Bonchev–Trinajstić information content (AvgIpc) is 3.02. The summed E-state index contributed by atoms with van der Waals surface area (Å²) >= 11 is 0. The highest BCUT2D eigenvalue weighted by Gasteiger charge is 2.16. The normalized spacial score (nSPS) is 11.9. The topological polar surface area (TPSA) is 110 Å². The van der Waals surface area contributed by atoms with Gasteiger partial charge >= 0.3 is 5.76 Å². The third-order valence-electron chi connectivity index (χ3n) is 2.91. The summed E-state index contributed by atoms with van der Waals surface area (Å²) < 4.78 is 33.4. The lowest BCUT2D eigenvalue weighted by molar-refractivity contribution is 0.554. The molecule has 2 aromatic heterocycles. The number of anilines is 1. The third kappa shape index (κ3) is 2.55. The molecule has 0 unspecified atom stereocenters. The van der Waals surface area contributed by atoms with Crippen molar-refractivity contribution in [1.29, 1.82) is 0 Å². The Kier molecular flexibility index (Phi) is 3.05. The summed E-state index contributed by atoms with van der Waals surface area (Å²) in [6, 6.07) is 4.16. The first-order chi connectivity index (χ1) is 9.98. The van der Waals surface area contributed by atoms with Crippen molar-refractivity contribution in [1.82, 2.24) is 14.8 Å². The van der Waals surface area contributed by atoms with Gasteiger partial charge in [0, 0.05) is 18.8 Å². The zero-order chi connectivity index (χ0) is 15.0. The van der Waals surface area contributed by atoms with Crippen molar-refractivity contribution in [3.05, 3.63) is 41.1 Å². The lowest BCUT2D eigenvalue weighted by atomic mass is 10.3. The van der Waals surface area contributed by atoms with Crippen LogP contribution in [0, 0.1) is 0 Å². The molecule has 0 bridgehead atoms. The monoisotopic (exact) mass is 308 g/mol. The number of benzene rings is 1. The number of nitrogens with zero attached hydrogens (tertiary/aromatic N) is 2. The van der Waals surface area contributed by atoms with E-state index in [2.05, 4.69) is 14.8 Å². The van der Waals surface area contributed by atoms with Crippen LogP contribution < -0.4 is 10.5 Å². The maximum atomic E-state index is 12.3. The van der Waals surface area contributed by atoms with Crippen LogP contribution in [0.25, 0.3) is 11.1 Å². The Morgan fingerprint density at radius 1 is 1.43 bits per heavy atom. The van der Waals surface area contributed by atoms with Crippen LogP contribution in [0.4, 0.5) is 5.69 Å². The minimum absolute atomic E-state index is 0.00185. The van der Waals surface area contributed by atoms with E-state index in [0.29, 0.717) is 17.7 Å². The van der Waals surface area contributed by atoms with E-state index in [-0.39, 0.29) is 10.5 Å². The molecule has 0 atom stereocenters. The molecule has 0 aliphatic carbocycles. The Hall–Kier alpha value is -2.55. The Balaban J connectivity index is 1.96. The number of aryl methyl sites for hydroxylation is 1. The molecule has 3 rings (SSSR count). The predicted molar refractivity (Wildman–Crippen MR) is 75.5 cm³/mol. The van der Waals surface area contributed by atoms with Crippen LogP contribution in [0.2, 0.25) is 0 Å². The zero-order valence-electron chi connectivity index (χ0n) is 11.0. The SMILES string of the molecule is CCn1cc(NS(=O)(=O)c2ccc3[nH]c(=O)oc3c2)cn1. The molecule has 9 heteroatoms. The van der Waals surface area contributed by atoms with Gasteiger partial charge in [-0.3, -0.25) is 14.4 Å². The summed E-state index contributed by atoms with van der Waals surface area (Å²) in [5, 5.41) is 3.99. The molecule has 1 aromatic carbocycles. The fourth-order valence-electron chi connectivity index (χ4n) is 1.90. The predicted octanol–water partition coefficient (Wildman–Crippen LogP) is 1.14. The van der Waals surface area contributed by atoms with Crippen LogP contribution in [0.1, 0.15) is 6.92 Å². The van der Waals surface area contributed by atoms with Gasteiger partial charge in [0.05, 0.1) is 22.3 Å². The fourth-order valence-corrected chi connectivity index (χ4v) is 2.94. The van der Waals surface area contributed by atoms with Crippen molar-refractivity contribution in [2.24, 2.45) is 0 Å². The number of H-pyrrole nitrogens is 1. The van der Waals surface area contributed by atoms with Gasteiger partial charge in [0.15, 0.2) is 5.58 Å². The van der Waals surface area contributed by atoms with Gasteiger partial charge in [0.2, 0.25) is 0 Å². The van der Waals surface area contributed by atoms with E-state index >= 15 is 0 Å². The highest BCUT2D eigenvalue weighted by molar-refractivity contribution is 7.92. The summed E-state index contributed by atoms with van der Waals surface area (Å²) in [7, 11) is -3.77. The molecule has 21 heavy (non-hydrogen) atoms. The quantitative estimate of drug-likeness (QED) is 0.751. The van der Waals surface area contributed by atoms with E-state index in [9.17, 15) is 13.2 Å². The van der Waals surface area contributed by atoms with Gasteiger partial charge < -0.3 is 4.42 Å². The minimum Gasteiger partial charge on any atom is -0.408 e. The van der Waals surface area contributed by atoms with Crippen LogP contribution in [0.15, 0.2) is 44.7 Å². The molecule has 0 radical (unpaired) electrons. The van der Waals surface area contributed by atoms with Crippen molar-refractivity contribution in [3.8, 4) is 0 Å². The number of aromatic amines is 1. The molecule has 0 saturated carbocycles. The van der Waals surface area contributed by atoms with E-state index in [0.717, 1.165) is 0 Å². The lowest BCUT2D eigenvalue weighted by Crippen LogP contribution is -2.12. The van der Waals surface area contributed by atoms with Crippen LogP contribution >= 0.6 is 0 Å². The van der Waals surface area contributed by atoms with Crippen molar-refractivity contribution >= 4 is 26.8 Å². The van der Waals surface area contributed by atoms with Crippen molar-refractivity contribution in [2.45, 2.75) is 18.4 Å². The Morgan fingerprint density at radius 3 is 2.95 bits per heavy atom. The van der Waals surface area contributed by atoms with E-state index in [1.807, 2.05) is 6.92 Å². The van der Waals surface area contributed by atoms with E-state index in [1.165, 1.54) is 24.4 Å². The van der Waals surface area contributed by atoms with Crippen LogP contribution in [0.3, 0.4) is 0 Å². The molecule has 2 N–H and O–H groups in total. The number of nitrogens with one attached hydrogen (secondary N) is 2. The van der Waals surface area contributed by atoms with Gasteiger partial charge in [0.25, 0.3) is 10.0 Å². The molecule has 0 aliphatic rings. The van der Waals surface area contributed by atoms with Crippen molar-refractivity contribution in [3.63, 3.8) is 0 Å². The maximum absolute atomic E-state index is 12.3. The lowest BCUT2D eigenvalue weighted by Gasteiger charge is -2.05. The summed E-state index contributed by atoms with van der Waals surface area (Å²) in [5.74, 6) is -0.628. The number of oxazole rings is 1. The van der Waals surface area contributed by atoms with Crippen LogP contribution in [-0.2, 0) is 16.6 Å². The Labute approximate surface area is 119 Å². The molecule has 0 amide bonds. The Bertz CT molecular complexity index is 951. The average molecular weight is 308 g/mol. The number of rotatable bonds is 4. The smallest absolute Gasteiger partial charge is 0.408 e. The van der Waals surface area contributed by atoms with E-state index in [1.54, 1.807) is 10.9 Å². The zero-order valence-corrected chi connectivity index (χ0v) is 11.8. The molecule has 0 spiro atoms. The highest BCUT2D eigenvalue weighted by Crippen LogP contribution is 2.19. The van der Waals surface area contributed by atoms with E-state index < -0.39 is 15.8 Å². The standard InChI is InChI=1S/C12H12N4O4S/c1-2-16-7-8(6-13-16)15-21(18,19)9-3-4-10-11(5-9)20-12(17)14-10/h3-7,15H,2H2,1H3,(H,14,17). The molecule has 0 aliphatic heterocycles. The van der Waals surface area contributed by atoms with Gasteiger partial charge in [-0.15, -0.1) is 0 Å². The molecule has 0 saturated heterocycles. The van der Waals surface area contributed by atoms with Crippen LogP contribution in [-0.4, -0.2) is 23.2 Å². The Morgan fingerprint density at radius 2 is 2.24 bits per heavy atom. The number of sulfonamides is 1. The fraction of sp³-hybridized carbons (Fsp3) is 0.167. The number of aromatic nitrogens is 3. The molecule has 0 fully saturated rings. The van der Waals surface area contributed by atoms with Crippen LogP contribution in [0.5, 0.6) is 0 Å². The minimum atomic E-state index is -3.77. The van der Waals surface area contributed by atoms with E-state index in [4.69, 9.17) is 4.42 Å². The maximum Gasteiger partial charge on any atom is 0.417 e. The first-order valence-corrected chi connectivity index (χ1v) is 7.64. The molecule has 110 valence electrons. The van der Waals surface area contributed by atoms with Gasteiger partial charge in [-0.2, -0.15) is 5.10 Å².